The summed E-state index contributed by atoms with van der Waals surface area (Å²) in [5.74, 6) is -5.05. The average molecular weight is 486 g/mol. The van der Waals surface area contributed by atoms with Gasteiger partial charge in [-0.3, -0.25) is 5.32 Å². The van der Waals surface area contributed by atoms with Gasteiger partial charge in [0.25, 0.3) is 0 Å². The Bertz CT molecular complexity index is 1280. The van der Waals surface area contributed by atoms with Gasteiger partial charge in [0.15, 0.2) is 5.76 Å². The van der Waals surface area contributed by atoms with Crippen molar-refractivity contribution in [3.63, 3.8) is 0 Å². The van der Waals surface area contributed by atoms with Crippen molar-refractivity contribution in [2.24, 2.45) is 0 Å². The first-order chi connectivity index (χ1) is 16.1. The molecule has 1 aliphatic carbocycles. The van der Waals surface area contributed by atoms with Crippen molar-refractivity contribution >= 4 is 10.1 Å². The van der Waals surface area contributed by atoms with Crippen LogP contribution in [-0.2, 0) is 20.7 Å². The van der Waals surface area contributed by atoms with Gasteiger partial charge in [-0.2, -0.15) is 17.2 Å². The lowest BCUT2D eigenvalue weighted by molar-refractivity contribution is -0.0384. The van der Waals surface area contributed by atoms with E-state index in [9.17, 15) is 13.5 Å². The number of rotatable bonds is 8. The lowest BCUT2D eigenvalue weighted by atomic mass is 9.96. The zero-order chi connectivity index (χ0) is 24.5. The van der Waals surface area contributed by atoms with Gasteiger partial charge >= 0.3 is 16.0 Å². The summed E-state index contributed by atoms with van der Waals surface area (Å²) in [5.41, 5.74) is 2.58. The SMILES string of the molecule is C=C(OS(=O)(=O)c1ccc(C)cc1)C(F)(F)[C@@H](N[C@H]1c2ccccc2C[C@H]1O)c1ccccc1. The molecule has 0 bridgehead atoms. The number of halogens is 2. The highest BCUT2D eigenvalue weighted by Crippen LogP contribution is 2.42. The van der Waals surface area contributed by atoms with Crippen LogP contribution in [0.4, 0.5) is 8.78 Å². The molecule has 0 amide bonds. The maximum Gasteiger partial charge on any atom is 0.339 e. The minimum atomic E-state index is -4.52. The molecule has 34 heavy (non-hydrogen) atoms. The third-order valence-electron chi connectivity index (χ3n) is 5.94. The Labute approximate surface area is 197 Å². The number of aliphatic hydroxyl groups is 1. The predicted octanol–water partition coefficient (Wildman–Crippen LogP) is 4.84. The Morgan fingerprint density at radius 1 is 1.06 bits per heavy atom. The van der Waals surface area contributed by atoms with Gasteiger partial charge in [0.2, 0.25) is 0 Å². The number of benzene rings is 3. The first kappa shape index (κ1) is 24.1. The van der Waals surface area contributed by atoms with Crippen LogP contribution in [-0.4, -0.2) is 25.6 Å². The van der Waals surface area contributed by atoms with Gasteiger partial charge in [-0.1, -0.05) is 78.9 Å². The number of nitrogens with one attached hydrogen (secondary N) is 1. The minimum absolute atomic E-state index is 0.196. The predicted molar refractivity (Wildman–Crippen MR) is 125 cm³/mol. The zero-order valence-corrected chi connectivity index (χ0v) is 19.3. The van der Waals surface area contributed by atoms with Crippen molar-refractivity contribution in [2.45, 2.75) is 42.4 Å². The zero-order valence-electron chi connectivity index (χ0n) is 18.5. The molecule has 0 heterocycles. The minimum Gasteiger partial charge on any atom is -0.391 e. The maximum absolute atomic E-state index is 15.8. The van der Waals surface area contributed by atoms with Gasteiger partial charge in [-0.15, -0.1) is 0 Å². The molecule has 0 aromatic heterocycles. The second kappa shape index (κ2) is 9.29. The number of hydrogen-bond donors (Lipinski definition) is 2. The van der Waals surface area contributed by atoms with E-state index in [4.69, 9.17) is 4.18 Å². The fourth-order valence-corrected chi connectivity index (χ4v) is 5.05. The molecule has 0 unspecified atom stereocenters. The van der Waals surface area contributed by atoms with Crippen molar-refractivity contribution in [2.75, 3.05) is 0 Å². The van der Waals surface area contributed by atoms with E-state index in [0.29, 0.717) is 12.0 Å². The molecule has 0 saturated heterocycles. The standard InChI is InChI=1S/C26H25F2NO4S/c1-17-12-14-21(15-13-17)34(31,32)33-18(2)26(27,28)25(19-8-4-3-5-9-19)29-24-22-11-7-6-10-20(22)16-23(24)30/h3-15,23-25,29-30H,2,16H2,1H3/t23-,24+,25+/m1/s1. The van der Waals surface area contributed by atoms with Crippen molar-refractivity contribution in [1.29, 1.82) is 0 Å². The molecular formula is C26H25F2NO4S. The van der Waals surface area contributed by atoms with Crippen LogP contribution in [0.15, 0.2) is 96.1 Å². The van der Waals surface area contributed by atoms with E-state index in [-0.39, 0.29) is 10.5 Å². The van der Waals surface area contributed by atoms with E-state index in [1.807, 2.05) is 12.1 Å². The monoisotopic (exact) mass is 485 g/mol. The van der Waals surface area contributed by atoms with Crippen LogP contribution >= 0.6 is 0 Å². The number of fused-ring (bicyclic) bond motifs is 1. The molecule has 0 fully saturated rings. The summed E-state index contributed by atoms with van der Waals surface area (Å²) in [6, 6.07) is 18.3. The fourth-order valence-electron chi connectivity index (χ4n) is 4.11. The second-order valence-corrected chi connectivity index (χ2v) is 9.90. The highest BCUT2D eigenvalue weighted by atomic mass is 32.2. The van der Waals surface area contributed by atoms with Crippen molar-refractivity contribution in [3.05, 3.63) is 113 Å². The first-order valence-corrected chi connectivity index (χ1v) is 12.2. The summed E-state index contributed by atoms with van der Waals surface area (Å²) >= 11 is 0. The molecule has 5 nitrogen and oxygen atoms in total. The number of aryl methyl sites for hydroxylation is 1. The molecule has 0 radical (unpaired) electrons. The lowest BCUT2D eigenvalue weighted by Crippen LogP contribution is -2.43. The summed E-state index contributed by atoms with van der Waals surface area (Å²) in [5, 5.41) is 13.5. The highest BCUT2D eigenvalue weighted by molar-refractivity contribution is 7.86. The normalized spacial score (nSPS) is 18.8. The fraction of sp³-hybridized carbons (Fsp3) is 0.231. The first-order valence-electron chi connectivity index (χ1n) is 10.7. The van der Waals surface area contributed by atoms with Gasteiger partial charge in [-0.05, 0) is 35.7 Å². The third-order valence-corrected chi connectivity index (χ3v) is 7.21. The Hall–Kier alpha value is -3.07. The lowest BCUT2D eigenvalue weighted by Gasteiger charge is -2.32. The summed E-state index contributed by atoms with van der Waals surface area (Å²) in [6.07, 6.45) is -0.606. The Balaban J connectivity index is 1.65. The molecule has 8 heteroatoms. The van der Waals surface area contributed by atoms with Gasteiger partial charge in [0.1, 0.15) is 10.9 Å². The smallest absolute Gasteiger partial charge is 0.339 e. The van der Waals surface area contributed by atoms with Crippen LogP contribution in [0.2, 0.25) is 0 Å². The Morgan fingerprint density at radius 2 is 1.68 bits per heavy atom. The number of aliphatic hydroxyl groups excluding tert-OH is 1. The third kappa shape index (κ3) is 4.75. The molecule has 0 aliphatic heterocycles. The van der Waals surface area contributed by atoms with E-state index in [0.717, 1.165) is 11.1 Å². The Morgan fingerprint density at radius 3 is 2.35 bits per heavy atom. The van der Waals surface area contributed by atoms with Crippen LogP contribution in [0.25, 0.3) is 0 Å². The quantitative estimate of drug-likeness (QED) is 0.353. The molecule has 178 valence electrons. The van der Waals surface area contributed by atoms with Crippen molar-refractivity contribution < 1.29 is 26.5 Å². The van der Waals surface area contributed by atoms with E-state index in [1.54, 1.807) is 49.4 Å². The van der Waals surface area contributed by atoms with Crippen LogP contribution < -0.4 is 5.32 Å². The highest BCUT2D eigenvalue weighted by Gasteiger charge is 2.49. The van der Waals surface area contributed by atoms with Crippen LogP contribution in [0, 0.1) is 6.92 Å². The van der Waals surface area contributed by atoms with E-state index in [1.165, 1.54) is 24.3 Å². The topological polar surface area (TPSA) is 75.6 Å². The van der Waals surface area contributed by atoms with Crippen molar-refractivity contribution in [1.82, 2.24) is 5.32 Å². The molecular weight excluding hydrogens is 460 g/mol. The number of hydrogen-bond acceptors (Lipinski definition) is 5. The molecule has 3 aromatic rings. The van der Waals surface area contributed by atoms with Gasteiger partial charge < -0.3 is 9.29 Å². The summed E-state index contributed by atoms with van der Waals surface area (Å²) < 4.78 is 61.7. The summed E-state index contributed by atoms with van der Waals surface area (Å²) in [7, 11) is -4.52. The van der Waals surface area contributed by atoms with Crippen LogP contribution in [0.1, 0.15) is 34.3 Å². The molecule has 0 spiro atoms. The molecule has 3 atom stereocenters. The van der Waals surface area contributed by atoms with Gasteiger partial charge in [-0.25, -0.2) is 0 Å². The van der Waals surface area contributed by atoms with E-state index >= 15 is 8.78 Å². The largest absolute Gasteiger partial charge is 0.391 e. The van der Waals surface area contributed by atoms with Crippen LogP contribution in [0.5, 0.6) is 0 Å². The van der Waals surface area contributed by atoms with Crippen molar-refractivity contribution in [3.8, 4) is 0 Å². The molecule has 2 N–H and O–H groups in total. The van der Waals surface area contributed by atoms with Gasteiger partial charge in [0, 0.05) is 6.42 Å². The van der Waals surface area contributed by atoms with Crippen LogP contribution in [0.3, 0.4) is 0 Å². The second-order valence-electron chi connectivity index (χ2n) is 8.35. The molecule has 3 aromatic carbocycles. The van der Waals surface area contributed by atoms with E-state index < -0.39 is 40.0 Å². The summed E-state index contributed by atoms with van der Waals surface area (Å²) in [4.78, 5) is -0.251. The van der Waals surface area contributed by atoms with Gasteiger partial charge in [0.05, 0.1) is 12.1 Å². The van der Waals surface area contributed by atoms with E-state index in [2.05, 4.69) is 11.9 Å². The number of alkyl halides is 2. The Kier molecular flexibility index (Phi) is 6.58. The molecule has 0 saturated carbocycles. The molecule has 4 rings (SSSR count). The average Bonchev–Trinajstić information content (AvgIpc) is 3.12. The summed E-state index contributed by atoms with van der Waals surface area (Å²) in [6.45, 7) is 5.06. The molecule has 1 aliphatic rings. The maximum atomic E-state index is 15.8.